The number of halogens is 24. The molecule has 0 aliphatic heterocycles. The molecule has 1 heterocycles. The average Bonchev–Trinajstić information content (AvgIpc) is 3.24. The molecule has 1 aromatic heterocycles. The van der Waals surface area contributed by atoms with Gasteiger partial charge < -0.3 is 0 Å². The summed E-state index contributed by atoms with van der Waals surface area (Å²) >= 11 is 0. The standard InChI is InChI=1S/C32H12BF24.C11H10N3O2/c34-25(35,36)13-1-14(26(37,38)39)6-21(5-13)33(22-7-15(27(40,41)42)2-16(8-22)28(43,44)45,23-9-17(29(46,47)48)3-18(10-23)30(49,50)51)24-11-19(31(52,53)54)4-20(12-24)32(55,56)57;15-14(16)11-4-2-1-3-10(11)9-13-7-5-12-6-8-13/h1-12H;1-8H,9H2/q-1;+1. The Hall–Kier alpha value is -7.04. The van der Waals surface area contributed by atoms with Crippen LogP contribution in [0.1, 0.15) is 50.1 Å². The van der Waals surface area contributed by atoms with E-state index >= 15 is 0 Å². The van der Waals surface area contributed by atoms with Crippen molar-refractivity contribution in [3.05, 3.63) is 182 Å². The molecule has 6 rings (SSSR count). The molecule has 392 valence electrons. The van der Waals surface area contributed by atoms with Gasteiger partial charge in [0.15, 0.2) is 18.9 Å². The van der Waals surface area contributed by atoms with E-state index in [-0.39, 0.29) is 10.6 Å². The summed E-state index contributed by atoms with van der Waals surface area (Å²) in [5, 5.41) is 10.8. The fourth-order valence-electron chi connectivity index (χ4n) is 7.54. The van der Waals surface area contributed by atoms with Crippen LogP contribution in [0, 0.1) is 10.1 Å². The van der Waals surface area contributed by atoms with E-state index in [1.807, 2.05) is 4.57 Å². The fraction of sp³-hybridized carbons (Fsp3) is 0.209. The highest BCUT2D eigenvalue weighted by molar-refractivity contribution is 7.20. The van der Waals surface area contributed by atoms with Crippen LogP contribution in [0.15, 0.2) is 122 Å². The highest BCUT2D eigenvalue weighted by Crippen LogP contribution is 2.41. The molecule has 0 radical (unpaired) electrons. The lowest BCUT2D eigenvalue weighted by molar-refractivity contribution is -0.689. The van der Waals surface area contributed by atoms with Gasteiger partial charge in [-0.05, 0) is 30.3 Å². The Morgan fingerprint density at radius 1 is 0.397 bits per heavy atom. The van der Waals surface area contributed by atoms with Gasteiger partial charge in [-0.25, -0.2) is 0 Å². The zero-order valence-electron chi connectivity index (χ0n) is 35.1. The molecule has 0 spiro atoms. The molecule has 73 heavy (non-hydrogen) atoms. The van der Waals surface area contributed by atoms with Crippen LogP contribution < -0.4 is 26.4 Å². The third-order valence-corrected chi connectivity index (χ3v) is 10.7. The number of para-hydroxylation sites is 1. The van der Waals surface area contributed by atoms with Crippen molar-refractivity contribution in [3.63, 3.8) is 0 Å². The quantitative estimate of drug-likeness (QED) is 0.0526. The first-order valence-electron chi connectivity index (χ1n) is 19.4. The van der Waals surface area contributed by atoms with Gasteiger partial charge in [0, 0.05) is 6.07 Å². The fourth-order valence-corrected chi connectivity index (χ4v) is 7.54. The molecule has 30 heteroatoms. The number of nitro groups is 1. The third-order valence-electron chi connectivity index (χ3n) is 10.7. The lowest BCUT2D eigenvalue weighted by Gasteiger charge is -2.46. The minimum atomic E-state index is -6.13. The Morgan fingerprint density at radius 2 is 0.630 bits per heavy atom. The van der Waals surface area contributed by atoms with Crippen molar-refractivity contribution < 1.29 is 115 Å². The largest absolute Gasteiger partial charge is 0.416 e. The minimum absolute atomic E-state index is 0.145. The highest BCUT2D eigenvalue weighted by atomic mass is 19.4. The molecule has 5 aromatic carbocycles. The maximum atomic E-state index is 14.2. The van der Waals surface area contributed by atoms with Gasteiger partial charge in [-0.2, -0.15) is 132 Å². The van der Waals surface area contributed by atoms with Crippen molar-refractivity contribution in [1.82, 2.24) is 4.98 Å². The van der Waals surface area contributed by atoms with Gasteiger partial charge in [-0.15, -0.1) is 0 Å². The topological polar surface area (TPSA) is 59.9 Å². The lowest BCUT2D eigenvalue weighted by Crippen LogP contribution is -2.75. The van der Waals surface area contributed by atoms with E-state index in [1.165, 1.54) is 6.07 Å². The van der Waals surface area contributed by atoms with Crippen molar-refractivity contribution in [3.8, 4) is 0 Å². The number of rotatable bonds is 7. The minimum Gasteiger partial charge on any atom is -0.258 e. The Morgan fingerprint density at radius 3 is 0.849 bits per heavy atom. The number of hydrogen-bond donors (Lipinski definition) is 0. The summed E-state index contributed by atoms with van der Waals surface area (Å²) in [6, 6.07) is -2.08. The number of nitro benzene ring substituents is 1. The summed E-state index contributed by atoms with van der Waals surface area (Å²) in [6.07, 6.45) is -48.0. The molecular formula is C43H22BF24N3O2. The Kier molecular flexibility index (Phi) is 15.1. The second-order valence-electron chi connectivity index (χ2n) is 15.5. The normalized spacial score (nSPS) is 13.4. The molecule has 0 aliphatic rings. The van der Waals surface area contributed by atoms with Crippen LogP contribution in [0.5, 0.6) is 0 Å². The second-order valence-corrected chi connectivity index (χ2v) is 15.5. The number of benzene rings is 5. The second kappa shape index (κ2) is 19.4. The molecule has 0 aliphatic carbocycles. The first-order chi connectivity index (χ1) is 33.0. The summed E-state index contributed by atoms with van der Waals surface area (Å²) < 4.78 is 343. The molecule has 0 N–H and O–H groups in total. The van der Waals surface area contributed by atoms with E-state index in [0.29, 0.717) is 12.1 Å². The van der Waals surface area contributed by atoms with Gasteiger partial charge in [0.05, 0.1) is 67.4 Å². The van der Waals surface area contributed by atoms with Crippen molar-refractivity contribution in [2.75, 3.05) is 0 Å². The van der Waals surface area contributed by atoms with Crippen LogP contribution in [-0.4, -0.2) is 16.1 Å². The number of alkyl halides is 24. The van der Waals surface area contributed by atoms with E-state index in [4.69, 9.17) is 0 Å². The zero-order valence-corrected chi connectivity index (χ0v) is 35.1. The number of aromatic nitrogens is 2. The van der Waals surface area contributed by atoms with Crippen molar-refractivity contribution >= 4 is 33.7 Å². The molecule has 0 atom stereocenters. The van der Waals surface area contributed by atoms with E-state index in [9.17, 15) is 115 Å². The van der Waals surface area contributed by atoms with Crippen LogP contribution in [0.3, 0.4) is 0 Å². The SMILES string of the molecule is FC(F)(F)c1cc([B-](c2cc(C(F)(F)F)cc(C(F)(F)F)c2)(c2cc(C(F)(F)F)cc(C(F)(F)F)c2)c2cc(C(F)(F)F)cc(C(F)(F)F)c2)cc(C(F)(F)F)c1.O=[N+]([O-])c1ccccc1C[n+]1ccncc1. The molecule has 0 amide bonds. The maximum absolute atomic E-state index is 14.2. The monoisotopic (exact) mass is 1080 g/mol. The molecule has 0 unspecified atom stereocenters. The van der Waals surface area contributed by atoms with Gasteiger partial charge >= 0.3 is 49.4 Å². The molecule has 0 fully saturated rings. The Bertz CT molecular complexity index is 2530. The first kappa shape index (κ1) is 56.9. The number of nitrogens with zero attached hydrogens (tertiary/aromatic N) is 3. The summed E-state index contributed by atoms with van der Waals surface area (Å²) in [5.74, 6) is 0. The van der Waals surface area contributed by atoms with Gasteiger partial charge in [0.1, 0.15) is 6.15 Å². The Balaban J connectivity index is 0.000000520. The molecule has 0 bridgehead atoms. The lowest BCUT2D eigenvalue weighted by atomic mass is 9.12. The predicted molar refractivity (Wildman–Crippen MR) is 207 cm³/mol. The van der Waals surface area contributed by atoms with Crippen molar-refractivity contribution in [2.45, 2.75) is 56.0 Å². The van der Waals surface area contributed by atoms with E-state index in [1.54, 1.807) is 43.0 Å². The van der Waals surface area contributed by atoms with Crippen LogP contribution in [0.4, 0.5) is 111 Å². The van der Waals surface area contributed by atoms with Gasteiger partial charge in [-0.3, -0.25) is 15.1 Å². The van der Waals surface area contributed by atoms with E-state index < -0.39 is 195 Å². The van der Waals surface area contributed by atoms with Crippen molar-refractivity contribution in [2.24, 2.45) is 0 Å². The van der Waals surface area contributed by atoms with E-state index in [0.717, 1.165) is 0 Å². The molecule has 5 nitrogen and oxygen atoms in total. The average molecular weight is 1080 g/mol. The summed E-state index contributed by atoms with van der Waals surface area (Å²) in [4.78, 5) is 14.3. The molecule has 0 saturated heterocycles. The zero-order chi connectivity index (χ0) is 55.3. The van der Waals surface area contributed by atoms with E-state index in [2.05, 4.69) is 4.98 Å². The van der Waals surface area contributed by atoms with Crippen LogP contribution in [0.2, 0.25) is 0 Å². The van der Waals surface area contributed by atoms with Gasteiger partial charge in [0.2, 0.25) is 0 Å². The maximum Gasteiger partial charge on any atom is 0.416 e. The number of hydrogen-bond acceptors (Lipinski definition) is 3. The summed E-state index contributed by atoms with van der Waals surface area (Å²) in [6.45, 7) is 0.472. The smallest absolute Gasteiger partial charge is 0.258 e. The molecular weight excluding hydrogens is 1060 g/mol. The van der Waals surface area contributed by atoms with Crippen LogP contribution in [0.25, 0.3) is 0 Å². The predicted octanol–water partition coefficient (Wildman–Crippen LogP) is 12.5. The summed E-state index contributed by atoms with van der Waals surface area (Å²) in [5.41, 5.74) is -29.4. The van der Waals surface area contributed by atoms with Gasteiger partial charge in [-0.1, -0.05) is 60.7 Å². The molecule has 6 aromatic rings. The Labute approximate surface area is 391 Å². The van der Waals surface area contributed by atoms with Crippen molar-refractivity contribution in [1.29, 1.82) is 0 Å². The van der Waals surface area contributed by atoms with Crippen LogP contribution in [-0.2, 0) is 56.0 Å². The van der Waals surface area contributed by atoms with Crippen LogP contribution >= 0.6 is 0 Å². The third kappa shape index (κ3) is 13.1. The summed E-state index contributed by atoms with van der Waals surface area (Å²) in [7, 11) is 0. The molecule has 0 saturated carbocycles. The first-order valence-corrected chi connectivity index (χ1v) is 19.4. The highest BCUT2D eigenvalue weighted by Gasteiger charge is 2.47. The van der Waals surface area contributed by atoms with Gasteiger partial charge in [0.25, 0.3) is 5.69 Å².